The number of ether oxygens (including phenoxy) is 2. The Morgan fingerprint density at radius 3 is 2.39 bits per heavy atom. The smallest absolute Gasteiger partial charge is 0.323 e. The number of nitrogens with one attached hydrogen (secondary N) is 2. The molecule has 254 valence electrons. The van der Waals surface area contributed by atoms with Gasteiger partial charge in [-0.05, 0) is 101 Å². The number of hydrogen-bond acceptors (Lipinski definition) is 6. The molecule has 2 aromatic carbocycles. The molecule has 9 nitrogen and oxygen atoms in total. The number of amides is 3. The van der Waals surface area contributed by atoms with Gasteiger partial charge in [0.25, 0.3) is 5.91 Å². The number of urea groups is 1. The lowest BCUT2D eigenvalue weighted by molar-refractivity contribution is -0.0190. The minimum Gasteiger partial charge on any atom is -0.490 e. The molecule has 1 heterocycles. The van der Waals surface area contributed by atoms with Crippen LogP contribution in [0.3, 0.4) is 0 Å². The molecular weight excluding hydrogens is 587 g/mol. The molecule has 0 radical (unpaired) electrons. The third kappa shape index (κ3) is 10.7. The number of aliphatic hydroxyl groups excluding tert-OH is 1. The Labute approximate surface area is 273 Å². The predicted molar refractivity (Wildman–Crippen MR) is 180 cm³/mol. The number of hydrogen-bond donors (Lipinski definition) is 3. The van der Waals surface area contributed by atoms with Gasteiger partial charge in [0.1, 0.15) is 11.6 Å². The van der Waals surface area contributed by atoms with Crippen molar-refractivity contribution < 1.29 is 28.6 Å². The second kappa shape index (κ2) is 17.6. The van der Waals surface area contributed by atoms with E-state index < -0.39 is 17.9 Å². The van der Waals surface area contributed by atoms with Gasteiger partial charge in [0, 0.05) is 43.5 Å². The molecule has 46 heavy (non-hydrogen) atoms. The second-order valence-electron chi connectivity index (χ2n) is 13.3. The van der Waals surface area contributed by atoms with Crippen molar-refractivity contribution in [2.75, 3.05) is 50.5 Å². The van der Waals surface area contributed by atoms with Crippen molar-refractivity contribution in [2.45, 2.75) is 90.4 Å². The van der Waals surface area contributed by atoms with E-state index in [1.54, 1.807) is 23.1 Å². The third-order valence-corrected chi connectivity index (χ3v) is 9.20. The van der Waals surface area contributed by atoms with E-state index in [2.05, 4.69) is 29.5 Å². The molecule has 2 aliphatic rings. The summed E-state index contributed by atoms with van der Waals surface area (Å²) in [4.78, 5) is 31.2. The fourth-order valence-corrected chi connectivity index (χ4v) is 6.48. The van der Waals surface area contributed by atoms with Gasteiger partial charge in [0.15, 0.2) is 0 Å². The topological polar surface area (TPSA) is 103 Å². The van der Waals surface area contributed by atoms with Crippen LogP contribution in [0, 0.1) is 17.7 Å². The van der Waals surface area contributed by atoms with Crippen LogP contribution >= 0.6 is 0 Å². The molecule has 0 unspecified atom stereocenters. The maximum atomic E-state index is 14.3. The van der Waals surface area contributed by atoms with Gasteiger partial charge < -0.3 is 35.0 Å². The first-order valence-electron chi connectivity index (χ1n) is 17.0. The number of nitrogens with zero attached hydrogens (tertiary/aromatic N) is 2. The number of anilines is 2. The molecule has 1 aliphatic carbocycles. The maximum Gasteiger partial charge on any atom is 0.323 e. The van der Waals surface area contributed by atoms with Gasteiger partial charge in [0.2, 0.25) is 0 Å². The van der Waals surface area contributed by atoms with E-state index in [0.29, 0.717) is 35.8 Å². The number of carbonyl (C=O) groups is 2. The molecule has 0 bridgehead atoms. The summed E-state index contributed by atoms with van der Waals surface area (Å²) in [6.07, 6.45) is 8.95. The van der Waals surface area contributed by atoms with Crippen molar-refractivity contribution >= 4 is 23.3 Å². The summed E-state index contributed by atoms with van der Waals surface area (Å²) in [5, 5.41) is 15.7. The number of rotatable bonds is 8. The molecule has 1 saturated carbocycles. The van der Waals surface area contributed by atoms with Crippen LogP contribution in [-0.4, -0.2) is 85.0 Å². The first-order chi connectivity index (χ1) is 22.1. The predicted octanol–water partition coefficient (Wildman–Crippen LogP) is 6.78. The number of fused-ring (bicyclic) bond motifs is 1. The zero-order valence-electron chi connectivity index (χ0n) is 28.0. The minimum atomic E-state index is -0.527. The number of benzene rings is 2. The second-order valence-corrected chi connectivity index (χ2v) is 13.3. The van der Waals surface area contributed by atoms with E-state index in [4.69, 9.17) is 9.47 Å². The zero-order chi connectivity index (χ0) is 33.1. The third-order valence-electron chi connectivity index (χ3n) is 9.20. The molecule has 0 aromatic heterocycles. The van der Waals surface area contributed by atoms with Crippen LogP contribution in [0.15, 0.2) is 42.5 Å². The summed E-state index contributed by atoms with van der Waals surface area (Å²) in [6, 6.07) is 9.51. The Kier molecular flexibility index (Phi) is 13.7. The molecule has 4 rings (SSSR count). The number of likely N-dealkylation sites (N-methyl/N-ethyl adjacent to an activating group) is 1. The summed E-state index contributed by atoms with van der Waals surface area (Å²) >= 11 is 0. The summed E-state index contributed by atoms with van der Waals surface area (Å²) in [7, 11) is 2.17. The lowest BCUT2D eigenvalue weighted by Gasteiger charge is -2.36. The van der Waals surface area contributed by atoms with Crippen molar-refractivity contribution in [1.29, 1.82) is 0 Å². The van der Waals surface area contributed by atoms with E-state index in [1.807, 2.05) is 13.8 Å². The van der Waals surface area contributed by atoms with Crippen LogP contribution in [0.25, 0.3) is 0 Å². The average Bonchev–Trinajstić information content (AvgIpc) is 3.04. The van der Waals surface area contributed by atoms with Gasteiger partial charge >= 0.3 is 6.03 Å². The Bertz CT molecular complexity index is 1260. The maximum absolute atomic E-state index is 14.3. The largest absolute Gasteiger partial charge is 0.490 e. The zero-order valence-corrected chi connectivity index (χ0v) is 28.0. The van der Waals surface area contributed by atoms with Crippen LogP contribution in [0.1, 0.15) is 82.5 Å². The molecule has 4 atom stereocenters. The van der Waals surface area contributed by atoms with E-state index in [9.17, 15) is 19.1 Å². The van der Waals surface area contributed by atoms with Gasteiger partial charge in [0.05, 0.1) is 30.4 Å². The molecular formula is C36H53FN4O5. The number of aliphatic hydroxyl groups is 1. The van der Waals surface area contributed by atoms with Gasteiger partial charge in [-0.2, -0.15) is 0 Å². The highest BCUT2D eigenvalue weighted by atomic mass is 19.1. The quantitative estimate of drug-likeness (QED) is 0.294. The van der Waals surface area contributed by atoms with Crippen molar-refractivity contribution in [3.63, 3.8) is 0 Å². The Hall–Kier alpha value is -3.21. The van der Waals surface area contributed by atoms with Crippen molar-refractivity contribution in [1.82, 2.24) is 9.80 Å². The van der Waals surface area contributed by atoms with Crippen molar-refractivity contribution in [3.05, 3.63) is 53.8 Å². The summed E-state index contributed by atoms with van der Waals surface area (Å²) in [6.45, 7) is 8.61. The van der Waals surface area contributed by atoms with Crippen LogP contribution in [0.4, 0.5) is 20.6 Å². The fraction of sp³-hybridized carbons (Fsp3) is 0.611. The van der Waals surface area contributed by atoms with Crippen molar-refractivity contribution in [2.24, 2.45) is 11.8 Å². The van der Waals surface area contributed by atoms with Crippen molar-refractivity contribution in [3.8, 4) is 5.75 Å². The first kappa shape index (κ1) is 35.6. The van der Waals surface area contributed by atoms with E-state index in [-0.39, 0.29) is 30.6 Å². The molecule has 3 N–H and O–H groups in total. The van der Waals surface area contributed by atoms with Gasteiger partial charge in [-0.1, -0.05) is 26.2 Å². The van der Waals surface area contributed by atoms with Crippen LogP contribution in [0.2, 0.25) is 0 Å². The van der Waals surface area contributed by atoms with E-state index >= 15 is 0 Å². The van der Waals surface area contributed by atoms with E-state index in [0.717, 1.165) is 38.3 Å². The summed E-state index contributed by atoms with van der Waals surface area (Å²) in [5.74, 6) is 0.469. The number of carbonyl (C=O) groups excluding carboxylic acids is 2. The molecule has 10 heteroatoms. The van der Waals surface area contributed by atoms with E-state index in [1.165, 1.54) is 56.4 Å². The molecule has 1 fully saturated rings. The lowest BCUT2D eigenvalue weighted by atomic mass is 9.89. The molecule has 0 spiro atoms. The molecule has 3 amide bonds. The SMILES string of the molecule is C[C@H](CO)N1C[C@H](C)[C@H](CN(C)CC2CCCCC2)OCCCC[C@H](C)Oc2ccc(NC(=O)Nc3ccc(F)cc3)cc2C1=O. The number of halogens is 1. The minimum absolute atomic E-state index is 0.000725. The summed E-state index contributed by atoms with van der Waals surface area (Å²) < 4.78 is 26.1. The fourth-order valence-electron chi connectivity index (χ4n) is 6.48. The highest BCUT2D eigenvalue weighted by Gasteiger charge is 2.31. The summed E-state index contributed by atoms with van der Waals surface area (Å²) in [5.41, 5.74) is 1.14. The van der Waals surface area contributed by atoms with Crippen LogP contribution in [0.5, 0.6) is 5.75 Å². The van der Waals surface area contributed by atoms with Crippen LogP contribution < -0.4 is 15.4 Å². The first-order valence-corrected chi connectivity index (χ1v) is 17.0. The van der Waals surface area contributed by atoms with Gasteiger partial charge in [-0.3, -0.25) is 4.79 Å². The molecule has 1 aliphatic heterocycles. The Morgan fingerprint density at radius 1 is 1.00 bits per heavy atom. The van der Waals surface area contributed by atoms with Crippen LogP contribution in [-0.2, 0) is 4.74 Å². The Balaban J connectivity index is 1.56. The standard InChI is InChI=1S/C36H53FN4O5/c1-25-21-41(26(2)24-42)35(43)32-20-31(39-36(44)38-30-15-13-29(37)14-16-30)17-18-33(32)46-27(3)10-8-9-19-45-34(25)23-40(4)22-28-11-6-5-7-12-28/h13-18,20,25-28,34,42H,5-12,19,21-24H2,1-4H3,(H2,38,39,44)/t25-,26+,27-,34-/m0/s1. The normalized spacial score (nSPS) is 22.8. The highest BCUT2D eigenvalue weighted by Crippen LogP contribution is 2.29. The molecule has 0 saturated heterocycles. The lowest BCUT2D eigenvalue weighted by Crippen LogP contribution is -2.47. The average molecular weight is 641 g/mol. The van der Waals surface area contributed by atoms with Gasteiger partial charge in [-0.25, -0.2) is 9.18 Å². The van der Waals surface area contributed by atoms with Gasteiger partial charge in [-0.15, -0.1) is 0 Å². The molecule has 2 aromatic rings. The Morgan fingerprint density at radius 2 is 1.67 bits per heavy atom. The highest BCUT2D eigenvalue weighted by molar-refractivity contribution is 6.02. The monoisotopic (exact) mass is 640 g/mol.